The third-order valence-corrected chi connectivity index (χ3v) is 4.47. The highest BCUT2D eigenvalue weighted by atomic mass is 16.1. The van der Waals surface area contributed by atoms with Gasteiger partial charge in [-0.25, -0.2) is 0 Å². The SMILES string of the molecule is Cc1cc(C)n(CCC(=O)NC(Cc2ccccc2)c2ccccc2)n1. The summed E-state index contributed by atoms with van der Waals surface area (Å²) in [6.07, 6.45) is 1.19. The number of amides is 1. The lowest BCUT2D eigenvalue weighted by Crippen LogP contribution is -2.30. The number of hydrogen-bond acceptors (Lipinski definition) is 2. The van der Waals surface area contributed by atoms with Crippen molar-refractivity contribution in [1.29, 1.82) is 0 Å². The van der Waals surface area contributed by atoms with E-state index >= 15 is 0 Å². The van der Waals surface area contributed by atoms with Gasteiger partial charge < -0.3 is 5.32 Å². The molecule has 0 spiro atoms. The van der Waals surface area contributed by atoms with E-state index in [1.165, 1.54) is 5.56 Å². The van der Waals surface area contributed by atoms with Gasteiger partial charge in [0.1, 0.15) is 0 Å². The van der Waals surface area contributed by atoms with Gasteiger partial charge in [-0.1, -0.05) is 60.7 Å². The van der Waals surface area contributed by atoms with Gasteiger partial charge in [0.15, 0.2) is 0 Å². The fourth-order valence-corrected chi connectivity index (χ4v) is 3.16. The molecule has 0 bridgehead atoms. The molecule has 1 aromatic heterocycles. The molecular weight excluding hydrogens is 322 g/mol. The van der Waals surface area contributed by atoms with Crippen LogP contribution in [-0.2, 0) is 17.8 Å². The van der Waals surface area contributed by atoms with Crippen LogP contribution < -0.4 is 5.32 Å². The monoisotopic (exact) mass is 347 g/mol. The van der Waals surface area contributed by atoms with E-state index in [1.54, 1.807) is 0 Å². The molecule has 1 amide bonds. The van der Waals surface area contributed by atoms with Crippen LogP contribution in [0.5, 0.6) is 0 Å². The lowest BCUT2D eigenvalue weighted by Gasteiger charge is -2.20. The third kappa shape index (κ3) is 4.82. The van der Waals surface area contributed by atoms with Crippen LogP contribution in [0.25, 0.3) is 0 Å². The van der Waals surface area contributed by atoms with Crippen LogP contribution in [0.2, 0.25) is 0 Å². The minimum absolute atomic E-state index is 0.0356. The van der Waals surface area contributed by atoms with Crippen molar-refractivity contribution in [3.05, 3.63) is 89.2 Å². The fraction of sp³-hybridized carbons (Fsp3) is 0.273. The van der Waals surface area contributed by atoms with Crippen molar-refractivity contribution in [2.24, 2.45) is 0 Å². The Bertz CT molecular complexity index is 840. The Labute approximate surface area is 154 Å². The molecule has 3 rings (SSSR count). The molecule has 0 aliphatic carbocycles. The van der Waals surface area contributed by atoms with Gasteiger partial charge in [-0.05, 0) is 37.5 Å². The van der Waals surface area contributed by atoms with Crippen molar-refractivity contribution >= 4 is 5.91 Å². The van der Waals surface area contributed by atoms with Gasteiger partial charge in [-0.2, -0.15) is 5.10 Å². The lowest BCUT2D eigenvalue weighted by atomic mass is 9.98. The molecule has 4 nitrogen and oxygen atoms in total. The summed E-state index contributed by atoms with van der Waals surface area (Å²) in [5.41, 5.74) is 4.39. The number of rotatable bonds is 7. The summed E-state index contributed by atoms with van der Waals surface area (Å²) in [5, 5.41) is 7.62. The standard InChI is InChI=1S/C22H25N3O/c1-17-15-18(2)25(24-17)14-13-22(26)23-21(20-11-7-4-8-12-20)16-19-9-5-3-6-10-19/h3-12,15,21H,13-14,16H2,1-2H3,(H,23,26). The van der Waals surface area contributed by atoms with Crippen molar-refractivity contribution < 1.29 is 4.79 Å². The number of hydrogen-bond donors (Lipinski definition) is 1. The first-order valence-corrected chi connectivity index (χ1v) is 9.01. The summed E-state index contributed by atoms with van der Waals surface area (Å²) in [5.74, 6) is 0.0438. The topological polar surface area (TPSA) is 46.9 Å². The summed E-state index contributed by atoms with van der Waals surface area (Å²) in [6.45, 7) is 4.58. The highest BCUT2D eigenvalue weighted by Gasteiger charge is 2.15. The normalized spacial score (nSPS) is 11.9. The summed E-state index contributed by atoms with van der Waals surface area (Å²) >= 11 is 0. The molecule has 1 heterocycles. The van der Waals surface area contributed by atoms with Gasteiger partial charge in [0.25, 0.3) is 0 Å². The Hall–Kier alpha value is -2.88. The summed E-state index contributed by atoms with van der Waals surface area (Å²) in [7, 11) is 0. The maximum Gasteiger partial charge on any atom is 0.222 e. The maximum absolute atomic E-state index is 12.6. The fourth-order valence-electron chi connectivity index (χ4n) is 3.16. The smallest absolute Gasteiger partial charge is 0.222 e. The summed E-state index contributed by atoms with van der Waals surface area (Å²) in [4.78, 5) is 12.6. The van der Waals surface area contributed by atoms with Crippen LogP contribution in [0.4, 0.5) is 0 Å². The molecule has 0 aliphatic heterocycles. The second kappa shape index (κ2) is 8.48. The zero-order valence-corrected chi connectivity index (χ0v) is 15.4. The van der Waals surface area contributed by atoms with E-state index in [9.17, 15) is 4.79 Å². The average molecular weight is 347 g/mol. The molecule has 1 atom stereocenters. The predicted octanol–water partition coefficient (Wildman–Crippen LogP) is 3.99. The number of nitrogens with one attached hydrogen (secondary N) is 1. The van der Waals surface area contributed by atoms with Crippen LogP contribution in [0.15, 0.2) is 66.7 Å². The van der Waals surface area contributed by atoms with E-state index in [1.807, 2.05) is 61.0 Å². The Balaban J connectivity index is 1.66. The van der Waals surface area contributed by atoms with E-state index < -0.39 is 0 Å². The quantitative estimate of drug-likeness (QED) is 0.702. The molecule has 4 heteroatoms. The highest BCUT2D eigenvalue weighted by Crippen LogP contribution is 2.18. The molecule has 134 valence electrons. The third-order valence-electron chi connectivity index (χ3n) is 4.47. The van der Waals surface area contributed by atoms with E-state index in [0.29, 0.717) is 13.0 Å². The number of nitrogens with zero attached hydrogens (tertiary/aromatic N) is 2. The van der Waals surface area contributed by atoms with E-state index in [0.717, 1.165) is 23.4 Å². The second-order valence-electron chi connectivity index (χ2n) is 6.62. The van der Waals surface area contributed by atoms with E-state index in [-0.39, 0.29) is 11.9 Å². The first kappa shape index (κ1) is 17.9. The molecule has 0 saturated heterocycles. The van der Waals surface area contributed by atoms with Crippen molar-refractivity contribution in [2.75, 3.05) is 0 Å². The van der Waals surface area contributed by atoms with E-state index in [2.05, 4.69) is 34.7 Å². The van der Waals surface area contributed by atoms with Gasteiger partial charge in [0.2, 0.25) is 5.91 Å². The lowest BCUT2D eigenvalue weighted by molar-refractivity contribution is -0.122. The number of aromatic nitrogens is 2. The largest absolute Gasteiger partial charge is 0.349 e. The molecule has 0 saturated carbocycles. The number of aryl methyl sites for hydroxylation is 3. The van der Waals surface area contributed by atoms with Crippen molar-refractivity contribution in [2.45, 2.75) is 39.3 Å². The summed E-state index contributed by atoms with van der Waals surface area (Å²) in [6, 6.07) is 22.4. The number of carbonyl (C=O) groups is 1. The molecule has 1 unspecified atom stereocenters. The highest BCUT2D eigenvalue weighted by molar-refractivity contribution is 5.76. The molecule has 3 aromatic rings. The van der Waals surface area contributed by atoms with E-state index in [4.69, 9.17) is 0 Å². The minimum atomic E-state index is -0.0356. The zero-order valence-electron chi connectivity index (χ0n) is 15.4. The maximum atomic E-state index is 12.6. The first-order valence-electron chi connectivity index (χ1n) is 9.01. The van der Waals surface area contributed by atoms with Gasteiger partial charge in [-0.15, -0.1) is 0 Å². The molecule has 26 heavy (non-hydrogen) atoms. The first-order chi connectivity index (χ1) is 12.6. The van der Waals surface area contributed by atoms with Crippen LogP contribution >= 0.6 is 0 Å². The summed E-state index contributed by atoms with van der Waals surface area (Å²) < 4.78 is 1.89. The Morgan fingerprint density at radius 1 is 1.04 bits per heavy atom. The molecule has 2 aromatic carbocycles. The molecular formula is C22H25N3O. The molecule has 0 aliphatic rings. The van der Waals surface area contributed by atoms with Crippen LogP contribution in [0.1, 0.15) is 35.0 Å². The average Bonchev–Trinajstić information content (AvgIpc) is 2.98. The van der Waals surface area contributed by atoms with Gasteiger partial charge in [0.05, 0.1) is 11.7 Å². The van der Waals surface area contributed by atoms with Gasteiger partial charge in [-0.3, -0.25) is 9.48 Å². The van der Waals surface area contributed by atoms with Crippen LogP contribution in [0, 0.1) is 13.8 Å². The van der Waals surface area contributed by atoms with Crippen molar-refractivity contribution in [3.63, 3.8) is 0 Å². The second-order valence-corrected chi connectivity index (χ2v) is 6.62. The predicted molar refractivity (Wildman–Crippen MR) is 104 cm³/mol. The Kier molecular flexibility index (Phi) is 5.84. The van der Waals surface area contributed by atoms with Crippen molar-refractivity contribution in [3.8, 4) is 0 Å². The van der Waals surface area contributed by atoms with Gasteiger partial charge >= 0.3 is 0 Å². The molecule has 0 fully saturated rings. The molecule has 1 N–H and O–H groups in total. The zero-order chi connectivity index (χ0) is 18.4. The van der Waals surface area contributed by atoms with Crippen molar-refractivity contribution in [1.82, 2.24) is 15.1 Å². The Morgan fingerprint density at radius 2 is 1.69 bits per heavy atom. The number of benzene rings is 2. The Morgan fingerprint density at radius 3 is 2.31 bits per heavy atom. The number of carbonyl (C=O) groups excluding carboxylic acids is 1. The van der Waals surface area contributed by atoms with Crippen LogP contribution in [0.3, 0.4) is 0 Å². The van der Waals surface area contributed by atoms with Gasteiger partial charge in [0, 0.05) is 18.7 Å². The minimum Gasteiger partial charge on any atom is -0.349 e. The molecule has 0 radical (unpaired) electrons. The van der Waals surface area contributed by atoms with Crippen LogP contribution in [-0.4, -0.2) is 15.7 Å².